The van der Waals surface area contributed by atoms with Gasteiger partial charge in [-0.2, -0.15) is 0 Å². The van der Waals surface area contributed by atoms with Gasteiger partial charge in [0, 0.05) is 14.5 Å². The molecule has 0 saturated heterocycles. The minimum absolute atomic E-state index is 0.374. The van der Waals surface area contributed by atoms with Crippen molar-refractivity contribution in [2.45, 2.75) is 6.04 Å². The van der Waals surface area contributed by atoms with Crippen LogP contribution in [-0.2, 0) is 0 Å². The minimum atomic E-state index is -0.576. The summed E-state index contributed by atoms with van der Waals surface area (Å²) in [6.07, 6.45) is 0. The Hall–Kier alpha value is -0.820. The molecule has 1 atom stereocenters. The molecule has 0 amide bonds. The first-order chi connectivity index (χ1) is 9.02. The molecule has 0 aromatic heterocycles. The maximum Gasteiger partial charge on any atom is 0.128 e. The zero-order valence-corrected chi connectivity index (χ0v) is 12.8. The second kappa shape index (κ2) is 6.09. The van der Waals surface area contributed by atoms with Crippen LogP contribution in [0.15, 0.2) is 45.3 Å². The van der Waals surface area contributed by atoms with E-state index < -0.39 is 6.04 Å². The predicted molar refractivity (Wildman–Crippen MR) is 77.4 cm³/mol. The molecule has 2 rings (SSSR count). The van der Waals surface area contributed by atoms with Crippen LogP contribution in [0.5, 0.6) is 0 Å². The van der Waals surface area contributed by atoms with Crippen LogP contribution in [0.25, 0.3) is 0 Å². The normalized spacial score (nSPS) is 12.5. The number of rotatable bonds is 3. The van der Waals surface area contributed by atoms with E-state index in [9.17, 15) is 8.78 Å². The average Bonchev–Trinajstić information content (AvgIpc) is 2.36. The highest BCUT2D eigenvalue weighted by atomic mass is 79.9. The highest BCUT2D eigenvalue weighted by Crippen LogP contribution is 2.31. The molecule has 0 aliphatic rings. The maximum atomic E-state index is 13.9. The lowest BCUT2D eigenvalue weighted by atomic mass is 9.99. The molecule has 0 heterocycles. The molecule has 0 bridgehead atoms. The van der Waals surface area contributed by atoms with Crippen LogP contribution in [0.1, 0.15) is 17.2 Å². The Morgan fingerprint density at radius 3 is 2.37 bits per heavy atom. The Kier molecular flexibility index (Phi) is 4.67. The molecule has 0 fully saturated rings. The molecule has 0 saturated carbocycles. The Morgan fingerprint density at radius 1 is 1.00 bits per heavy atom. The van der Waals surface area contributed by atoms with Gasteiger partial charge in [0.25, 0.3) is 0 Å². The Balaban J connectivity index is 2.52. The van der Waals surface area contributed by atoms with Crippen molar-refractivity contribution in [3.8, 4) is 0 Å². The van der Waals surface area contributed by atoms with Gasteiger partial charge in [0.15, 0.2) is 0 Å². The molecule has 19 heavy (non-hydrogen) atoms. The lowest BCUT2D eigenvalue weighted by molar-refractivity contribution is 0.557. The first-order valence-corrected chi connectivity index (χ1v) is 6.97. The van der Waals surface area contributed by atoms with E-state index in [0.29, 0.717) is 15.6 Å². The summed E-state index contributed by atoms with van der Waals surface area (Å²) in [6, 6.07) is 8.19. The fourth-order valence-electron chi connectivity index (χ4n) is 1.82. The molecule has 2 aromatic rings. The van der Waals surface area contributed by atoms with Crippen molar-refractivity contribution in [3.05, 3.63) is 68.1 Å². The van der Waals surface area contributed by atoms with E-state index in [-0.39, 0.29) is 11.6 Å². The van der Waals surface area contributed by atoms with E-state index in [2.05, 4.69) is 37.3 Å². The second-order valence-corrected chi connectivity index (χ2v) is 5.70. The Labute approximate surface area is 126 Å². The molecule has 2 aromatic carbocycles. The molecule has 2 nitrogen and oxygen atoms in total. The van der Waals surface area contributed by atoms with E-state index in [0.717, 1.165) is 4.47 Å². The van der Waals surface area contributed by atoms with Crippen LogP contribution in [-0.4, -0.2) is 0 Å². The first kappa shape index (κ1) is 14.6. The van der Waals surface area contributed by atoms with Gasteiger partial charge < -0.3 is 0 Å². The van der Waals surface area contributed by atoms with Crippen molar-refractivity contribution in [3.63, 3.8) is 0 Å². The molecule has 6 heteroatoms. The summed E-state index contributed by atoms with van der Waals surface area (Å²) in [7, 11) is 0. The van der Waals surface area contributed by atoms with Gasteiger partial charge >= 0.3 is 0 Å². The third kappa shape index (κ3) is 3.20. The Bertz CT molecular complexity index is 605. The molecule has 0 aliphatic carbocycles. The van der Waals surface area contributed by atoms with Crippen LogP contribution in [0.3, 0.4) is 0 Å². The fraction of sp³-hybridized carbons (Fsp3) is 0.0769. The zero-order chi connectivity index (χ0) is 14.0. The minimum Gasteiger partial charge on any atom is -0.271 e. The third-order valence-electron chi connectivity index (χ3n) is 2.71. The SMILES string of the molecule is NNC(c1cc(Br)ccc1F)c1ccc(F)cc1Br. The standard InChI is InChI=1S/C13H10Br2F2N2/c14-7-1-4-12(17)10(5-7)13(19-18)9-3-2-8(16)6-11(9)15/h1-6,13,19H,18H2. The third-order valence-corrected chi connectivity index (χ3v) is 3.89. The highest BCUT2D eigenvalue weighted by Gasteiger charge is 2.19. The quantitative estimate of drug-likeness (QED) is 0.612. The molecular weight excluding hydrogens is 382 g/mol. The van der Waals surface area contributed by atoms with E-state index in [1.54, 1.807) is 18.2 Å². The van der Waals surface area contributed by atoms with Gasteiger partial charge in [-0.1, -0.05) is 37.9 Å². The average molecular weight is 392 g/mol. The van der Waals surface area contributed by atoms with Crippen molar-refractivity contribution >= 4 is 31.9 Å². The molecule has 0 aliphatic heterocycles. The lowest BCUT2D eigenvalue weighted by Gasteiger charge is -2.19. The lowest BCUT2D eigenvalue weighted by Crippen LogP contribution is -2.29. The monoisotopic (exact) mass is 390 g/mol. The van der Waals surface area contributed by atoms with Crippen molar-refractivity contribution in [1.29, 1.82) is 0 Å². The van der Waals surface area contributed by atoms with Crippen LogP contribution >= 0.6 is 31.9 Å². The van der Waals surface area contributed by atoms with Crippen LogP contribution < -0.4 is 11.3 Å². The van der Waals surface area contributed by atoms with Crippen molar-refractivity contribution < 1.29 is 8.78 Å². The highest BCUT2D eigenvalue weighted by molar-refractivity contribution is 9.10. The maximum absolute atomic E-state index is 13.9. The summed E-state index contributed by atoms with van der Waals surface area (Å²) in [5.74, 6) is 4.76. The zero-order valence-electron chi connectivity index (χ0n) is 9.63. The summed E-state index contributed by atoms with van der Waals surface area (Å²) >= 11 is 6.55. The summed E-state index contributed by atoms with van der Waals surface area (Å²) in [5.41, 5.74) is 3.58. The van der Waals surface area contributed by atoms with Gasteiger partial charge in [-0.15, -0.1) is 0 Å². The number of nitrogens with two attached hydrogens (primary N) is 1. The Morgan fingerprint density at radius 2 is 1.74 bits per heavy atom. The van der Waals surface area contributed by atoms with E-state index >= 15 is 0 Å². The summed E-state index contributed by atoms with van der Waals surface area (Å²) < 4.78 is 28.3. The number of halogens is 4. The van der Waals surface area contributed by atoms with Crippen LogP contribution in [0, 0.1) is 11.6 Å². The first-order valence-electron chi connectivity index (χ1n) is 5.39. The number of hydrogen-bond acceptors (Lipinski definition) is 2. The molecule has 1 unspecified atom stereocenters. The van der Waals surface area contributed by atoms with E-state index in [4.69, 9.17) is 5.84 Å². The van der Waals surface area contributed by atoms with Gasteiger partial charge in [-0.05, 0) is 35.9 Å². The second-order valence-electron chi connectivity index (χ2n) is 3.93. The van der Waals surface area contributed by atoms with Crippen molar-refractivity contribution in [2.24, 2.45) is 5.84 Å². The number of nitrogens with one attached hydrogen (secondary N) is 1. The smallest absolute Gasteiger partial charge is 0.128 e. The van der Waals surface area contributed by atoms with Gasteiger partial charge in [0.1, 0.15) is 11.6 Å². The summed E-state index contributed by atoms with van der Waals surface area (Å²) in [5, 5.41) is 0. The fourth-order valence-corrected chi connectivity index (χ4v) is 2.78. The van der Waals surface area contributed by atoms with Crippen molar-refractivity contribution in [1.82, 2.24) is 5.43 Å². The van der Waals surface area contributed by atoms with E-state index in [1.807, 2.05) is 0 Å². The molecule has 0 spiro atoms. The van der Waals surface area contributed by atoms with Gasteiger partial charge in [-0.3, -0.25) is 5.84 Å². The van der Waals surface area contributed by atoms with E-state index in [1.165, 1.54) is 18.2 Å². The van der Waals surface area contributed by atoms with Crippen LogP contribution in [0.4, 0.5) is 8.78 Å². The number of hydrazine groups is 1. The largest absolute Gasteiger partial charge is 0.271 e. The predicted octanol–water partition coefficient (Wildman–Crippen LogP) is 4.04. The van der Waals surface area contributed by atoms with Crippen LogP contribution in [0.2, 0.25) is 0 Å². The van der Waals surface area contributed by atoms with Crippen molar-refractivity contribution in [2.75, 3.05) is 0 Å². The number of hydrogen-bond donors (Lipinski definition) is 2. The van der Waals surface area contributed by atoms with Gasteiger partial charge in [0.2, 0.25) is 0 Å². The molecule has 0 radical (unpaired) electrons. The topological polar surface area (TPSA) is 38.0 Å². The molecule has 3 N–H and O–H groups in total. The van der Waals surface area contributed by atoms with Gasteiger partial charge in [0.05, 0.1) is 6.04 Å². The van der Waals surface area contributed by atoms with Gasteiger partial charge in [-0.25, -0.2) is 14.2 Å². The number of benzene rings is 2. The molecule has 100 valence electrons. The summed E-state index contributed by atoms with van der Waals surface area (Å²) in [6.45, 7) is 0. The summed E-state index contributed by atoms with van der Waals surface area (Å²) in [4.78, 5) is 0. The molecular formula is C13H10Br2F2N2.